The Morgan fingerprint density at radius 2 is 1.75 bits per heavy atom. The first-order chi connectivity index (χ1) is 17.1. The van der Waals surface area contributed by atoms with Crippen LogP contribution < -0.4 is 15.0 Å². The quantitative estimate of drug-likeness (QED) is 0.491. The molecule has 2 aromatic carbocycles. The van der Waals surface area contributed by atoms with Crippen LogP contribution in [0.25, 0.3) is 10.9 Å². The largest absolute Gasteiger partial charge is 0.496 e. The number of halogens is 3. The Bertz CT molecular complexity index is 1270. The molecule has 192 valence electrons. The predicted octanol–water partition coefficient (Wildman–Crippen LogP) is 4.13. The topological polar surface area (TPSA) is 86.9 Å². The van der Waals surface area contributed by atoms with Gasteiger partial charge in [0.1, 0.15) is 11.4 Å². The first kappa shape index (κ1) is 25.4. The maximum absolute atomic E-state index is 13.2. The number of nitrogens with one attached hydrogen (secondary N) is 2. The van der Waals surface area contributed by atoms with E-state index in [2.05, 4.69) is 10.3 Å². The number of piperazine rings is 1. The molecule has 0 unspecified atom stereocenters. The molecule has 1 aliphatic heterocycles. The van der Waals surface area contributed by atoms with E-state index in [9.17, 15) is 22.8 Å². The van der Waals surface area contributed by atoms with Crippen molar-refractivity contribution in [1.82, 2.24) is 9.88 Å². The van der Waals surface area contributed by atoms with Crippen molar-refractivity contribution < 1.29 is 32.2 Å². The summed E-state index contributed by atoms with van der Waals surface area (Å²) in [6, 6.07) is 9.93. The number of hydrogen-bond acceptors (Lipinski definition) is 6. The Hall–Kier alpha value is -3.73. The molecule has 1 saturated heterocycles. The molecule has 0 aliphatic carbocycles. The molecule has 2 N–H and O–H groups in total. The first-order valence-corrected chi connectivity index (χ1v) is 11.4. The van der Waals surface area contributed by atoms with Crippen LogP contribution in [0.3, 0.4) is 0 Å². The van der Waals surface area contributed by atoms with Crippen LogP contribution >= 0.6 is 0 Å². The number of aromatic amines is 1. The van der Waals surface area contributed by atoms with Crippen LogP contribution in [0.4, 0.5) is 24.5 Å². The van der Waals surface area contributed by atoms with Gasteiger partial charge in [0.25, 0.3) is 0 Å². The van der Waals surface area contributed by atoms with Gasteiger partial charge in [-0.25, -0.2) is 4.79 Å². The highest BCUT2D eigenvalue weighted by Crippen LogP contribution is 2.36. The van der Waals surface area contributed by atoms with Crippen LogP contribution in [0.15, 0.2) is 42.5 Å². The second-order valence-corrected chi connectivity index (χ2v) is 8.49. The van der Waals surface area contributed by atoms with Crippen molar-refractivity contribution in [2.75, 3.05) is 50.6 Å². The molecule has 1 atom stereocenters. The predicted molar refractivity (Wildman–Crippen MR) is 130 cm³/mol. The van der Waals surface area contributed by atoms with E-state index in [1.165, 1.54) is 20.3 Å². The number of benzene rings is 2. The van der Waals surface area contributed by atoms with Gasteiger partial charge < -0.3 is 24.7 Å². The fraction of sp³-hybridized carbons (Fsp3) is 0.360. The molecule has 1 aromatic heterocycles. The number of amides is 1. The highest BCUT2D eigenvalue weighted by molar-refractivity contribution is 6.13. The molecule has 0 bridgehead atoms. The summed E-state index contributed by atoms with van der Waals surface area (Å²) in [5.74, 6) is -0.484. The zero-order valence-corrected chi connectivity index (χ0v) is 20.1. The Labute approximate surface area is 206 Å². The molecule has 4 rings (SSSR count). The van der Waals surface area contributed by atoms with E-state index < -0.39 is 23.8 Å². The highest BCUT2D eigenvalue weighted by atomic mass is 19.4. The Morgan fingerprint density at radius 1 is 1.06 bits per heavy atom. The molecule has 1 fully saturated rings. The summed E-state index contributed by atoms with van der Waals surface area (Å²) in [7, 11) is 2.75. The van der Waals surface area contributed by atoms with Gasteiger partial charge in [-0.15, -0.1) is 0 Å². The Balaban J connectivity index is 1.48. The lowest BCUT2D eigenvalue weighted by Crippen LogP contribution is -2.52. The van der Waals surface area contributed by atoms with Crippen molar-refractivity contribution in [3.05, 3.63) is 53.7 Å². The molecule has 0 radical (unpaired) electrons. The van der Waals surface area contributed by atoms with Crippen LogP contribution in [0, 0.1) is 0 Å². The van der Waals surface area contributed by atoms with Crippen LogP contribution in [0.5, 0.6) is 5.75 Å². The fourth-order valence-corrected chi connectivity index (χ4v) is 4.41. The number of fused-ring (bicyclic) bond motifs is 1. The summed E-state index contributed by atoms with van der Waals surface area (Å²) in [5.41, 5.74) is 0.786. The molecular formula is C25H27F3N4O4. The van der Waals surface area contributed by atoms with E-state index in [1.807, 2.05) is 9.80 Å². The number of rotatable bonds is 6. The third-order valence-corrected chi connectivity index (χ3v) is 6.42. The number of carbonyl (C=O) groups excluding carboxylic acids is 2. The van der Waals surface area contributed by atoms with Gasteiger partial charge in [0, 0.05) is 31.9 Å². The van der Waals surface area contributed by atoms with E-state index in [0.717, 1.165) is 12.1 Å². The lowest BCUT2D eigenvalue weighted by Gasteiger charge is -2.38. The summed E-state index contributed by atoms with van der Waals surface area (Å²) >= 11 is 0. The minimum absolute atomic E-state index is 0.104. The van der Waals surface area contributed by atoms with E-state index in [-0.39, 0.29) is 17.3 Å². The Kier molecular flexibility index (Phi) is 7.11. The number of anilines is 2. The van der Waals surface area contributed by atoms with E-state index >= 15 is 0 Å². The van der Waals surface area contributed by atoms with Gasteiger partial charge in [-0.05, 0) is 37.3 Å². The van der Waals surface area contributed by atoms with Crippen molar-refractivity contribution in [2.24, 2.45) is 0 Å². The molecule has 1 amide bonds. The number of methoxy groups -OCH3 is 2. The van der Waals surface area contributed by atoms with Crippen LogP contribution in [0.1, 0.15) is 23.0 Å². The highest BCUT2D eigenvalue weighted by Gasteiger charge is 2.32. The second-order valence-electron chi connectivity index (χ2n) is 8.49. The third-order valence-electron chi connectivity index (χ3n) is 6.42. The summed E-state index contributed by atoms with van der Waals surface area (Å²) in [6.07, 6.45) is -4.40. The molecule has 36 heavy (non-hydrogen) atoms. The zero-order valence-electron chi connectivity index (χ0n) is 20.1. The summed E-state index contributed by atoms with van der Waals surface area (Å²) in [4.78, 5) is 32.4. The van der Waals surface area contributed by atoms with Crippen molar-refractivity contribution in [3.63, 3.8) is 0 Å². The van der Waals surface area contributed by atoms with Gasteiger partial charge in [-0.1, -0.05) is 12.1 Å². The van der Waals surface area contributed by atoms with Crippen molar-refractivity contribution in [2.45, 2.75) is 19.1 Å². The third kappa shape index (κ3) is 4.97. The second kappa shape index (κ2) is 10.1. The number of hydrogen-bond donors (Lipinski definition) is 2. The Morgan fingerprint density at radius 3 is 2.39 bits per heavy atom. The van der Waals surface area contributed by atoms with Crippen LogP contribution in [-0.2, 0) is 15.7 Å². The number of carbonyl (C=O) groups is 2. The van der Waals surface area contributed by atoms with Gasteiger partial charge in [-0.3, -0.25) is 9.69 Å². The van der Waals surface area contributed by atoms with E-state index in [4.69, 9.17) is 9.47 Å². The first-order valence-electron chi connectivity index (χ1n) is 11.4. The molecule has 1 aliphatic rings. The van der Waals surface area contributed by atoms with Crippen molar-refractivity contribution in [3.8, 4) is 5.75 Å². The lowest BCUT2D eigenvalue weighted by atomic mass is 10.1. The average molecular weight is 505 g/mol. The monoisotopic (exact) mass is 504 g/mol. The summed E-state index contributed by atoms with van der Waals surface area (Å²) in [6.45, 7) is 3.64. The molecule has 3 aromatic rings. The molecule has 2 heterocycles. The standard InChI is InChI=1S/C25H27F3N4O4/c1-15(31-10-12-32(13-11-31)17-7-4-6-16(14-17)25(26,27)28)23(33)30-21-20-18(8-5-9-19(20)35-2)29-22(21)24(34)36-3/h4-9,14-15,29H,10-13H2,1-3H3,(H,30,33)/t15-/m1/s1. The SMILES string of the molecule is COC(=O)c1[nH]c2cccc(OC)c2c1NC(=O)[C@@H](C)N1CCN(c2cccc(C(F)(F)F)c2)CC1. The zero-order chi connectivity index (χ0) is 26.0. The average Bonchev–Trinajstić information content (AvgIpc) is 3.25. The number of ether oxygens (including phenoxy) is 2. The van der Waals surface area contributed by atoms with Gasteiger partial charge in [-0.2, -0.15) is 13.2 Å². The number of H-pyrrole nitrogens is 1. The smallest absolute Gasteiger partial charge is 0.416 e. The van der Waals surface area contributed by atoms with Crippen molar-refractivity contribution in [1.29, 1.82) is 0 Å². The molecule has 11 heteroatoms. The minimum Gasteiger partial charge on any atom is -0.496 e. The van der Waals surface area contributed by atoms with Crippen molar-refractivity contribution >= 4 is 34.2 Å². The van der Waals surface area contributed by atoms with Crippen LogP contribution in [0.2, 0.25) is 0 Å². The van der Waals surface area contributed by atoms with Gasteiger partial charge >= 0.3 is 12.1 Å². The summed E-state index contributed by atoms with van der Waals surface area (Å²) in [5, 5.41) is 3.41. The summed E-state index contributed by atoms with van der Waals surface area (Å²) < 4.78 is 49.5. The molecule has 8 nitrogen and oxygen atoms in total. The number of esters is 1. The maximum Gasteiger partial charge on any atom is 0.416 e. The lowest BCUT2D eigenvalue weighted by molar-refractivity contribution is -0.137. The number of aromatic nitrogens is 1. The normalized spacial score (nSPS) is 15.6. The molecular weight excluding hydrogens is 477 g/mol. The van der Waals surface area contributed by atoms with Gasteiger partial charge in [0.2, 0.25) is 5.91 Å². The number of nitrogens with zero attached hydrogens (tertiary/aromatic N) is 2. The van der Waals surface area contributed by atoms with E-state index in [0.29, 0.717) is 48.5 Å². The van der Waals surface area contributed by atoms with Gasteiger partial charge in [0.05, 0.1) is 42.4 Å². The number of alkyl halides is 3. The van der Waals surface area contributed by atoms with Crippen LogP contribution in [-0.4, -0.2) is 68.2 Å². The molecule has 0 saturated carbocycles. The minimum atomic E-state index is -4.40. The molecule has 0 spiro atoms. The fourth-order valence-electron chi connectivity index (χ4n) is 4.41. The van der Waals surface area contributed by atoms with E-state index in [1.54, 1.807) is 31.2 Å². The van der Waals surface area contributed by atoms with Gasteiger partial charge in [0.15, 0.2) is 0 Å². The maximum atomic E-state index is 13.2.